The lowest BCUT2D eigenvalue weighted by atomic mass is 9.77. The minimum absolute atomic E-state index is 0.210. The summed E-state index contributed by atoms with van der Waals surface area (Å²) in [6.45, 7) is 2.15. The summed E-state index contributed by atoms with van der Waals surface area (Å²) in [5, 5.41) is 2.80. The van der Waals surface area contributed by atoms with E-state index in [4.69, 9.17) is 9.15 Å². The highest BCUT2D eigenvalue weighted by Crippen LogP contribution is 2.33. The minimum atomic E-state index is -0.912. The number of hydrogen-bond donors (Lipinski definition) is 1. The van der Waals surface area contributed by atoms with Crippen LogP contribution in [0.25, 0.3) is 0 Å². The van der Waals surface area contributed by atoms with Crippen LogP contribution >= 0.6 is 0 Å². The van der Waals surface area contributed by atoms with Gasteiger partial charge in [0.25, 0.3) is 5.91 Å². The van der Waals surface area contributed by atoms with E-state index in [1.165, 1.54) is 13.4 Å². The third-order valence-electron chi connectivity index (χ3n) is 3.80. The summed E-state index contributed by atoms with van der Waals surface area (Å²) in [6.07, 6.45) is 4.43. The van der Waals surface area contributed by atoms with Crippen molar-refractivity contribution in [3.05, 3.63) is 24.2 Å². The van der Waals surface area contributed by atoms with Gasteiger partial charge in [-0.25, -0.2) is 4.79 Å². The fraction of sp³-hybridized carbons (Fsp3) is 0.571. The van der Waals surface area contributed by atoms with Crippen LogP contribution in [-0.4, -0.2) is 24.5 Å². The van der Waals surface area contributed by atoms with Gasteiger partial charge >= 0.3 is 5.97 Å². The molecular weight excluding hydrogens is 246 g/mol. The van der Waals surface area contributed by atoms with Crippen LogP contribution in [-0.2, 0) is 9.53 Å². The van der Waals surface area contributed by atoms with Crippen LogP contribution in [0, 0.1) is 5.92 Å². The average molecular weight is 265 g/mol. The molecule has 5 heteroatoms. The van der Waals surface area contributed by atoms with E-state index >= 15 is 0 Å². The molecule has 1 aromatic rings. The summed E-state index contributed by atoms with van der Waals surface area (Å²) >= 11 is 0. The van der Waals surface area contributed by atoms with Gasteiger partial charge in [-0.3, -0.25) is 4.79 Å². The fourth-order valence-electron chi connectivity index (χ4n) is 2.52. The van der Waals surface area contributed by atoms with Gasteiger partial charge < -0.3 is 14.5 Å². The monoisotopic (exact) mass is 265 g/mol. The SMILES string of the molecule is COC(=O)C1(NC(=O)c2ccco2)CCC(C)CC1. The first-order valence-corrected chi connectivity index (χ1v) is 6.52. The minimum Gasteiger partial charge on any atom is -0.467 e. The Kier molecular flexibility index (Phi) is 3.93. The number of ether oxygens (including phenoxy) is 1. The Morgan fingerprint density at radius 2 is 2.11 bits per heavy atom. The third-order valence-corrected chi connectivity index (χ3v) is 3.80. The number of methoxy groups -OCH3 is 1. The highest BCUT2D eigenvalue weighted by Gasteiger charge is 2.43. The second-order valence-corrected chi connectivity index (χ2v) is 5.19. The summed E-state index contributed by atoms with van der Waals surface area (Å²) in [7, 11) is 1.35. The molecule has 0 atom stereocenters. The Bertz CT molecular complexity index is 444. The third kappa shape index (κ3) is 2.80. The molecule has 0 unspecified atom stereocenters. The highest BCUT2D eigenvalue weighted by atomic mass is 16.5. The van der Waals surface area contributed by atoms with Gasteiger partial charge in [-0.15, -0.1) is 0 Å². The molecule has 1 N–H and O–H groups in total. The molecule has 5 nitrogen and oxygen atoms in total. The van der Waals surface area contributed by atoms with Crippen LogP contribution in [0.5, 0.6) is 0 Å². The molecule has 1 aromatic heterocycles. The largest absolute Gasteiger partial charge is 0.467 e. The molecule has 2 rings (SSSR count). The molecule has 1 aliphatic carbocycles. The zero-order valence-corrected chi connectivity index (χ0v) is 11.3. The Morgan fingerprint density at radius 1 is 1.42 bits per heavy atom. The van der Waals surface area contributed by atoms with Crippen molar-refractivity contribution in [2.75, 3.05) is 7.11 Å². The first-order chi connectivity index (χ1) is 9.07. The lowest BCUT2D eigenvalue weighted by Crippen LogP contribution is -2.56. The molecule has 19 heavy (non-hydrogen) atoms. The first-order valence-electron chi connectivity index (χ1n) is 6.52. The second-order valence-electron chi connectivity index (χ2n) is 5.19. The van der Waals surface area contributed by atoms with Gasteiger partial charge in [-0.2, -0.15) is 0 Å². The van der Waals surface area contributed by atoms with Crippen LogP contribution in [0.15, 0.2) is 22.8 Å². The normalized spacial score (nSPS) is 26.7. The fourth-order valence-corrected chi connectivity index (χ4v) is 2.52. The first kappa shape index (κ1) is 13.6. The number of carbonyl (C=O) groups is 2. The van der Waals surface area contributed by atoms with Gasteiger partial charge in [0.15, 0.2) is 5.76 Å². The Balaban J connectivity index is 2.15. The summed E-state index contributed by atoms with van der Waals surface area (Å²) in [4.78, 5) is 24.1. The van der Waals surface area contributed by atoms with E-state index in [2.05, 4.69) is 12.2 Å². The number of furan rings is 1. The van der Waals surface area contributed by atoms with Gasteiger partial charge in [0.2, 0.25) is 0 Å². The van der Waals surface area contributed by atoms with Crippen molar-refractivity contribution in [1.82, 2.24) is 5.32 Å². The van der Waals surface area contributed by atoms with Crippen LogP contribution in [0.2, 0.25) is 0 Å². The maximum atomic E-state index is 12.1. The van der Waals surface area contributed by atoms with Gasteiger partial charge in [0, 0.05) is 0 Å². The predicted octanol–water partition coefficient (Wildman–Crippen LogP) is 2.13. The summed E-state index contributed by atoms with van der Waals surface area (Å²) in [5.74, 6) is 0.0319. The molecular formula is C14H19NO4. The molecule has 1 heterocycles. The number of carbonyl (C=O) groups excluding carboxylic acids is 2. The Morgan fingerprint density at radius 3 is 2.63 bits per heavy atom. The van der Waals surface area contributed by atoms with E-state index in [9.17, 15) is 9.59 Å². The molecule has 1 fully saturated rings. The topological polar surface area (TPSA) is 68.5 Å². The lowest BCUT2D eigenvalue weighted by molar-refractivity contribution is -0.150. The van der Waals surface area contributed by atoms with Crippen LogP contribution < -0.4 is 5.32 Å². The summed E-state index contributed by atoms with van der Waals surface area (Å²) < 4.78 is 9.91. The number of nitrogens with one attached hydrogen (secondary N) is 1. The molecule has 0 spiro atoms. The number of rotatable bonds is 3. The van der Waals surface area contributed by atoms with E-state index in [1.54, 1.807) is 12.1 Å². The van der Waals surface area contributed by atoms with Gasteiger partial charge in [0.1, 0.15) is 5.54 Å². The van der Waals surface area contributed by atoms with Crippen LogP contribution in [0.4, 0.5) is 0 Å². The van der Waals surface area contributed by atoms with E-state index in [1.807, 2.05) is 0 Å². The quantitative estimate of drug-likeness (QED) is 0.850. The summed E-state index contributed by atoms with van der Waals surface area (Å²) in [6, 6.07) is 3.22. The number of esters is 1. The smallest absolute Gasteiger partial charge is 0.331 e. The zero-order chi connectivity index (χ0) is 13.9. The Labute approximate surface area is 112 Å². The molecule has 0 aromatic carbocycles. The van der Waals surface area contributed by atoms with Crippen molar-refractivity contribution in [2.45, 2.75) is 38.1 Å². The molecule has 1 aliphatic rings. The molecule has 0 saturated heterocycles. The molecule has 1 saturated carbocycles. The standard InChI is InChI=1S/C14H19NO4/c1-10-5-7-14(8-6-10,13(17)18-2)15-12(16)11-4-3-9-19-11/h3-4,9-10H,5-8H2,1-2H3,(H,15,16). The molecule has 104 valence electrons. The average Bonchev–Trinajstić information content (AvgIpc) is 2.95. The highest BCUT2D eigenvalue weighted by molar-refractivity contribution is 5.96. The van der Waals surface area contributed by atoms with E-state index < -0.39 is 5.54 Å². The molecule has 0 radical (unpaired) electrons. The molecule has 0 bridgehead atoms. The maximum Gasteiger partial charge on any atom is 0.331 e. The number of amides is 1. The van der Waals surface area contributed by atoms with Gasteiger partial charge in [-0.1, -0.05) is 6.92 Å². The van der Waals surface area contributed by atoms with Crippen molar-refractivity contribution < 1.29 is 18.7 Å². The van der Waals surface area contributed by atoms with E-state index in [-0.39, 0.29) is 17.6 Å². The second kappa shape index (κ2) is 5.47. The van der Waals surface area contributed by atoms with Crippen LogP contribution in [0.3, 0.4) is 0 Å². The van der Waals surface area contributed by atoms with E-state index in [0.29, 0.717) is 18.8 Å². The summed E-state index contributed by atoms with van der Waals surface area (Å²) in [5.41, 5.74) is -0.912. The van der Waals surface area contributed by atoms with Crippen LogP contribution in [0.1, 0.15) is 43.2 Å². The molecule has 0 aliphatic heterocycles. The predicted molar refractivity (Wildman–Crippen MR) is 68.6 cm³/mol. The Hall–Kier alpha value is -1.78. The van der Waals surface area contributed by atoms with Crippen molar-refractivity contribution in [1.29, 1.82) is 0 Å². The van der Waals surface area contributed by atoms with Crippen molar-refractivity contribution in [3.8, 4) is 0 Å². The van der Waals surface area contributed by atoms with Gasteiger partial charge in [-0.05, 0) is 43.7 Å². The molecule has 1 amide bonds. The van der Waals surface area contributed by atoms with Crippen molar-refractivity contribution >= 4 is 11.9 Å². The van der Waals surface area contributed by atoms with E-state index in [0.717, 1.165) is 12.8 Å². The number of hydrogen-bond acceptors (Lipinski definition) is 4. The van der Waals surface area contributed by atoms with Crippen molar-refractivity contribution in [2.24, 2.45) is 5.92 Å². The van der Waals surface area contributed by atoms with Crippen molar-refractivity contribution in [3.63, 3.8) is 0 Å². The lowest BCUT2D eigenvalue weighted by Gasteiger charge is -2.37. The maximum absolute atomic E-state index is 12.1. The zero-order valence-electron chi connectivity index (χ0n) is 11.3. The van der Waals surface area contributed by atoms with Gasteiger partial charge in [0.05, 0.1) is 13.4 Å².